The predicted molar refractivity (Wildman–Crippen MR) is 87.8 cm³/mol. The molecule has 6 nitrogen and oxygen atoms in total. The van der Waals surface area contributed by atoms with Crippen LogP contribution in [0.2, 0.25) is 0 Å². The van der Waals surface area contributed by atoms with E-state index in [1.54, 1.807) is 12.1 Å². The van der Waals surface area contributed by atoms with Crippen molar-refractivity contribution in [2.24, 2.45) is 0 Å². The topological polar surface area (TPSA) is 73.6 Å². The number of oxazole rings is 1. The Morgan fingerprint density at radius 3 is 3.12 bits per heavy atom. The number of amides is 1. The molecule has 1 unspecified atom stereocenters. The Morgan fingerprint density at radius 1 is 1.40 bits per heavy atom. The standard InChI is InChI=1S/C18H21FN2O4/c19-13-4-3-6-15(10-13)24-12-17-21-16(11-25-17)18(22)20-8-7-14-5-1-2-9-23-14/h3-4,6,10-11,14H,1-2,5,7-9,12H2,(H,20,22). The number of nitrogens with zero attached hydrogens (tertiary/aromatic N) is 1. The summed E-state index contributed by atoms with van der Waals surface area (Å²) in [6, 6.07) is 5.78. The minimum Gasteiger partial charge on any atom is -0.484 e. The number of hydrogen-bond donors (Lipinski definition) is 1. The quantitative estimate of drug-likeness (QED) is 0.832. The zero-order valence-electron chi connectivity index (χ0n) is 13.9. The van der Waals surface area contributed by atoms with Gasteiger partial charge >= 0.3 is 0 Å². The van der Waals surface area contributed by atoms with Gasteiger partial charge < -0.3 is 19.2 Å². The van der Waals surface area contributed by atoms with Crippen molar-refractivity contribution in [2.75, 3.05) is 13.2 Å². The first-order valence-electron chi connectivity index (χ1n) is 8.43. The van der Waals surface area contributed by atoms with Crippen molar-refractivity contribution in [2.45, 2.75) is 38.4 Å². The predicted octanol–water partition coefficient (Wildman–Crippen LogP) is 3.08. The van der Waals surface area contributed by atoms with Gasteiger partial charge in [-0.15, -0.1) is 0 Å². The largest absolute Gasteiger partial charge is 0.484 e. The van der Waals surface area contributed by atoms with Crippen molar-refractivity contribution in [3.05, 3.63) is 47.9 Å². The Bertz CT molecular complexity index is 698. The number of benzene rings is 1. The number of nitrogens with one attached hydrogen (secondary N) is 1. The second-order valence-corrected chi connectivity index (χ2v) is 5.91. The number of hydrogen-bond acceptors (Lipinski definition) is 5. The van der Waals surface area contributed by atoms with Crippen LogP contribution in [0.3, 0.4) is 0 Å². The monoisotopic (exact) mass is 348 g/mol. The average molecular weight is 348 g/mol. The van der Waals surface area contributed by atoms with Crippen molar-refractivity contribution in [1.29, 1.82) is 0 Å². The minimum absolute atomic E-state index is 0.0205. The van der Waals surface area contributed by atoms with Gasteiger partial charge in [0, 0.05) is 19.2 Å². The SMILES string of the molecule is O=C(NCCC1CCCCO1)c1coc(COc2cccc(F)c2)n1. The van der Waals surface area contributed by atoms with Gasteiger partial charge in [0.05, 0.1) is 6.10 Å². The summed E-state index contributed by atoms with van der Waals surface area (Å²) in [5.74, 6) is -0.0508. The maximum absolute atomic E-state index is 13.1. The van der Waals surface area contributed by atoms with Gasteiger partial charge in [0.2, 0.25) is 5.89 Å². The average Bonchev–Trinajstić information content (AvgIpc) is 3.10. The van der Waals surface area contributed by atoms with Crippen LogP contribution < -0.4 is 10.1 Å². The lowest BCUT2D eigenvalue weighted by Gasteiger charge is -2.22. The Labute approximate surface area is 145 Å². The van der Waals surface area contributed by atoms with Gasteiger partial charge in [-0.05, 0) is 37.8 Å². The number of ether oxygens (including phenoxy) is 2. The molecule has 1 atom stereocenters. The van der Waals surface area contributed by atoms with E-state index in [2.05, 4.69) is 10.3 Å². The zero-order valence-corrected chi connectivity index (χ0v) is 13.9. The number of carbonyl (C=O) groups is 1. The molecule has 1 aromatic heterocycles. The highest BCUT2D eigenvalue weighted by Gasteiger charge is 2.16. The molecule has 25 heavy (non-hydrogen) atoms. The Hall–Kier alpha value is -2.41. The second-order valence-electron chi connectivity index (χ2n) is 5.91. The second kappa shape index (κ2) is 8.62. The molecule has 0 radical (unpaired) electrons. The van der Waals surface area contributed by atoms with Crippen LogP contribution in [0, 0.1) is 5.82 Å². The fourth-order valence-electron chi connectivity index (χ4n) is 2.66. The molecule has 7 heteroatoms. The number of carbonyl (C=O) groups excluding carboxylic acids is 1. The van der Waals surface area contributed by atoms with Crippen LogP contribution in [0.15, 0.2) is 34.9 Å². The molecule has 1 N–H and O–H groups in total. The molecule has 1 saturated heterocycles. The normalized spacial score (nSPS) is 17.2. The van der Waals surface area contributed by atoms with Gasteiger partial charge in [-0.2, -0.15) is 0 Å². The molecule has 134 valence electrons. The fourth-order valence-corrected chi connectivity index (χ4v) is 2.66. The van der Waals surface area contributed by atoms with E-state index in [0.717, 1.165) is 25.9 Å². The lowest BCUT2D eigenvalue weighted by molar-refractivity contribution is 0.0117. The molecule has 1 amide bonds. The van der Waals surface area contributed by atoms with Gasteiger partial charge in [0.15, 0.2) is 12.3 Å². The maximum atomic E-state index is 13.1. The minimum atomic E-state index is -0.382. The third kappa shape index (κ3) is 5.29. The first kappa shape index (κ1) is 17.4. The van der Waals surface area contributed by atoms with E-state index in [0.29, 0.717) is 12.3 Å². The molecule has 1 fully saturated rings. The van der Waals surface area contributed by atoms with E-state index in [9.17, 15) is 9.18 Å². The van der Waals surface area contributed by atoms with E-state index < -0.39 is 0 Å². The number of rotatable bonds is 7. The van der Waals surface area contributed by atoms with Gasteiger partial charge in [-0.3, -0.25) is 4.79 Å². The molecular formula is C18H21FN2O4. The summed E-state index contributed by atoms with van der Waals surface area (Å²) in [6.07, 6.45) is 5.64. The van der Waals surface area contributed by atoms with Gasteiger partial charge in [-0.25, -0.2) is 9.37 Å². The van der Waals surface area contributed by atoms with Crippen molar-refractivity contribution in [1.82, 2.24) is 10.3 Å². The number of aromatic nitrogens is 1. The zero-order chi connectivity index (χ0) is 17.5. The molecule has 2 aromatic rings. The van der Waals surface area contributed by atoms with E-state index in [1.807, 2.05) is 0 Å². The highest BCUT2D eigenvalue weighted by atomic mass is 19.1. The molecule has 0 aliphatic carbocycles. The molecule has 0 saturated carbocycles. The van der Waals surface area contributed by atoms with Gasteiger partial charge in [0.1, 0.15) is 17.8 Å². The Kier molecular flexibility index (Phi) is 6.00. The summed E-state index contributed by atoms with van der Waals surface area (Å²) in [6.45, 7) is 1.36. The summed E-state index contributed by atoms with van der Waals surface area (Å²) in [4.78, 5) is 16.1. The van der Waals surface area contributed by atoms with Gasteiger partial charge in [0.25, 0.3) is 5.91 Å². The molecule has 3 rings (SSSR count). The van der Waals surface area contributed by atoms with E-state index in [1.165, 1.54) is 24.8 Å². The molecule has 0 spiro atoms. The number of halogens is 1. The molecule has 1 aliphatic rings. The van der Waals surface area contributed by atoms with E-state index >= 15 is 0 Å². The summed E-state index contributed by atoms with van der Waals surface area (Å²) in [7, 11) is 0. The van der Waals surface area contributed by atoms with Crippen LogP contribution in [-0.4, -0.2) is 30.1 Å². The molecule has 0 bridgehead atoms. The summed E-state index contributed by atoms with van der Waals surface area (Å²) in [5.41, 5.74) is 0.197. The highest BCUT2D eigenvalue weighted by Crippen LogP contribution is 2.15. The maximum Gasteiger partial charge on any atom is 0.273 e. The first-order chi connectivity index (χ1) is 12.2. The molecule has 1 aliphatic heterocycles. The summed E-state index contributed by atoms with van der Waals surface area (Å²) in [5, 5.41) is 2.81. The molecule has 2 heterocycles. The lowest BCUT2D eigenvalue weighted by atomic mass is 10.1. The van der Waals surface area contributed by atoms with E-state index in [-0.39, 0.29) is 36.0 Å². The smallest absolute Gasteiger partial charge is 0.273 e. The van der Waals surface area contributed by atoms with Crippen LogP contribution in [0.25, 0.3) is 0 Å². The van der Waals surface area contributed by atoms with Crippen molar-refractivity contribution >= 4 is 5.91 Å². The third-order valence-electron chi connectivity index (χ3n) is 3.97. The third-order valence-corrected chi connectivity index (χ3v) is 3.97. The van der Waals surface area contributed by atoms with E-state index in [4.69, 9.17) is 13.9 Å². The fraction of sp³-hybridized carbons (Fsp3) is 0.444. The molecule has 1 aromatic carbocycles. The van der Waals surface area contributed by atoms with Crippen LogP contribution in [-0.2, 0) is 11.3 Å². The van der Waals surface area contributed by atoms with Crippen LogP contribution in [0.1, 0.15) is 42.1 Å². The van der Waals surface area contributed by atoms with Crippen LogP contribution in [0.4, 0.5) is 4.39 Å². The van der Waals surface area contributed by atoms with Crippen molar-refractivity contribution in [3.63, 3.8) is 0 Å². The van der Waals surface area contributed by atoms with Crippen LogP contribution >= 0.6 is 0 Å². The lowest BCUT2D eigenvalue weighted by Crippen LogP contribution is -2.29. The Balaban J connectivity index is 1.43. The van der Waals surface area contributed by atoms with Crippen molar-refractivity contribution < 1.29 is 23.1 Å². The van der Waals surface area contributed by atoms with Gasteiger partial charge in [-0.1, -0.05) is 6.07 Å². The van der Waals surface area contributed by atoms with Crippen molar-refractivity contribution in [3.8, 4) is 5.75 Å². The van der Waals surface area contributed by atoms with Crippen LogP contribution in [0.5, 0.6) is 5.75 Å². The molecular weight excluding hydrogens is 327 g/mol. The summed E-state index contributed by atoms with van der Waals surface area (Å²) >= 11 is 0. The first-order valence-corrected chi connectivity index (χ1v) is 8.43. The Morgan fingerprint density at radius 2 is 2.32 bits per heavy atom. The summed E-state index contributed by atoms with van der Waals surface area (Å²) < 4.78 is 29.3. The highest BCUT2D eigenvalue weighted by molar-refractivity contribution is 5.91.